The lowest BCUT2D eigenvalue weighted by molar-refractivity contribution is -0.386. The summed E-state index contributed by atoms with van der Waals surface area (Å²) >= 11 is 0. The van der Waals surface area contributed by atoms with Crippen LogP contribution >= 0.6 is 0 Å². The van der Waals surface area contributed by atoms with Crippen LogP contribution in [0.2, 0.25) is 0 Å². The fourth-order valence-electron chi connectivity index (χ4n) is 3.22. The summed E-state index contributed by atoms with van der Waals surface area (Å²) in [7, 11) is 3.04. The molecule has 1 aliphatic rings. The summed E-state index contributed by atoms with van der Waals surface area (Å²) in [5, 5.41) is 15.0. The molecule has 1 aliphatic heterocycles. The Labute approximate surface area is 143 Å². The van der Waals surface area contributed by atoms with Crippen molar-refractivity contribution < 1.29 is 14.4 Å². The Morgan fingerprint density at radius 2 is 1.79 bits per heavy atom. The molecule has 0 radical (unpaired) electrons. The molecule has 0 unspecified atom stereocenters. The minimum atomic E-state index is -0.327. The average Bonchev–Trinajstić information content (AvgIpc) is 2.59. The van der Waals surface area contributed by atoms with Crippen LogP contribution in [0.25, 0.3) is 0 Å². The number of hydrogen-bond acceptors (Lipinski definition) is 6. The highest BCUT2D eigenvalue weighted by atomic mass is 16.6. The van der Waals surface area contributed by atoms with Crippen LogP contribution in [-0.2, 0) is 0 Å². The summed E-state index contributed by atoms with van der Waals surface area (Å²) in [6.07, 6.45) is 0.857. The highest BCUT2D eigenvalue weighted by Crippen LogP contribution is 2.41. The lowest BCUT2D eigenvalue weighted by Crippen LogP contribution is -2.45. The number of methoxy groups -OCH3 is 2. The Morgan fingerprint density at radius 1 is 1.21 bits per heavy atom. The second kappa shape index (κ2) is 8.30. The van der Waals surface area contributed by atoms with E-state index in [1.165, 1.54) is 13.2 Å². The summed E-state index contributed by atoms with van der Waals surface area (Å²) in [4.78, 5) is 13.6. The third-order valence-electron chi connectivity index (χ3n) is 4.38. The molecular weight excluding hydrogens is 310 g/mol. The van der Waals surface area contributed by atoms with Gasteiger partial charge in [-0.1, -0.05) is 13.8 Å². The van der Waals surface area contributed by atoms with Gasteiger partial charge in [0.25, 0.3) is 5.69 Å². The van der Waals surface area contributed by atoms with Gasteiger partial charge >= 0.3 is 0 Å². The minimum Gasteiger partial charge on any atom is -0.493 e. The third-order valence-corrected chi connectivity index (χ3v) is 4.38. The van der Waals surface area contributed by atoms with E-state index in [1.807, 2.05) is 0 Å². The minimum absolute atomic E-state index is 0.00712. The number of nitrogens with zero attached hydrogens (tertiary/aromatic N) is 2. The highest BCUT2D eigenvalue weighted by Gasteiger charge is 2.31. The maximum Gasteiger partial charge on any atom is 0.278 e. The standard InChI is InChI=1S/C17H27N3O4/c1-12(2)9-14(19-7-5-18-6-8-19)13-10-16(23-3)17(24-4)11-15(13)20(21)22/h10-12,14,18H,5-9H2,1-4H3/t14-/m0/s1. The second-order valence-electron chi connectivity index (χ2n) is 6.45. The first-order chi connectivity index (χ1) is 11.5. The fourth-order valence-corrected chi connectivity index (χ4v) is 3.22. The fraction of sp³-hybridized carbons (Fsp3) is 0.647. The van der Waals surface area contributed by atoms with Crippen molar-refractivity contribution in [3.05, 3.63) is 27.8 Å². The maximum atomic E-state index is 11.6. The molecule has 1 fully saturated rings. The molecule has 7 nitrogen and oxygen atoms in total. The number of rotatable bonds is 7. The zero-order chi connectivity index (χ0) is 17.7. The molecule has 1 aromatic rings. The second-order valence-corrected chi connectivity index (χ2v) is 6.45. The molecule has 1 N–H and O–H groups in total. The van der Waals surface area contributed by atoms with Gasteiger partial charge in [-0.25, -0.2) is 0 Å². The number of ether oxygens (including phenoxy) is 2. The number of nitro benzene ring substituents is 1. The first-order valence-corrected chi connectivity index (χ1v) is 8.33. The van der Waals surface area contributed by atoms with E-state index in [9.17, 15) is 10.1 Å². The normalized spacial score (nSPS) is 16.9. The van der Waals surface area contributed by atoms with Crippen LogP contribution in [0.15, 0.2) is 12.1 Å². The first kappa shape index (κ1) is 18.5. The molecule has 0 spiro atoms. The Morgan fingerprint density at radius 3 is 2.29 bits per heavy atom. The summed E-state index contributed by atoms with van der Waals surface area (Å²) in [5.74, 6) is 1.34. The van der Waals surface area contributed by atoms with Crippen LogP contribution in [0.4, 0.5) is 5.69 Å². The molecule has 0 aromatic heterocycles. The molecule has 1 heterocycles. The van der Waals surface area contributed by atoms with Gasteiger partial charge in [-0.2, -0.15) is 0 Å². The summed E-state index contributed by atoms with van der Waals surface area (Å²) in [6.45, 7) is 7.83. The lowest BCUT2D eigenvalue weighted by atomic mass is 9.93. The number of piperazine rings is 1. The van der Waals surface area contributed by atoms with Gasteiger partial charge in [0.2, 0.25) is 0 Å². The van der Waals surface area contributed by atoms with E-state index in [0.717, 1.165) is 32.6 Å². The SMILES string of the molecule is COc1cc([C@H](CC(C)C)N2CCNCC2)c([N+](=O)[O-])cc1OC. The number of hydrogen-bond donors (Lipinski definition) is 1. The molecule has 1 atom stereocenters. The van der Waals surface area contributed by atoms with Crippen LogP contribution in [0.3, 0.4) is 0 Å². The Hall–Kier alpha value is -1.86. The van der Waals surface area contributed by atoms with Crippen molar-refractivity contribution in [3.63, 3.8) is 0 Å². The van der Waals surface area contributed by atoms with Crippen LogP contribution < -0.4 is 14.8 Å². The number of benzene rings is 1. The lowest BCUT2D eigenvalue weighted by Gasteiger charge is -2.36. The van der Waals surface area contributed by atoms with E-state index < -0.39 is 0 Å². The Kier molecular flexibility index (Phi) is 6.39. The van der Waals surface area contributed by atoms with Gasteiger partial charge in [-0.15, -0.1) is 0 Å². The Bertz CT molecular complexity index is 571. The third kappa shape index (κ3) is 4.15. The predicted octanol–water partition coefficient (Wildman–Crippen LogP) is 2.60. The van der Waals surface area contributed by atoms with Crippen LogP contribution in [0.5, 0.6) is 11.5 Å². The molecule has 7 heteroatoms. The van der Waals surface area contributed by atoms with Crippen molar-refractivity contribution in [1.82, 2.24) is 10.2 Å². The van der Waals surface area contributed by atoms with Gasteiger partial charge in [0.15, 0.2) is 11.5 Å². The van der Waals surface area contributed by atoms with Crippen molar-refractivity contribution in [3.8, 4) is 11.5 Å². The maximum absolute atomic E-state index is 11.6. The van der Waals surface area contributed by atoms with Crippen molar-refractivity contribution in [2.24, 2.45) is 5.92 Å². The molecule has 0 bridgehead atoms. The average molecular weight is 337 g/mol. The molecule has 0 amide bonds. The van der Waals surface area contributed by atoms with Gasteiger partial charge in [-0.05, 0) is 18.4 Å². The monoisotopic (exact) mass is 337 g/mol. The van der Waals surface area contributed by atoms with Crippen molar-refractivity contribution in [1.29, 1.82) is 0 Å². The quantitative estimate of drug-likeness (QED) is 0.609. The van der Waals surface area contributed by atoms with Gasteiger partial charge in [0.1, 0.15) is 0 Å². The molecule has 0 saturated carbocycles. The van der Waals surface area contributed by atoms with Crippen LogP contribution in [-0.4, -0.2) is 50.2 Å². The van der Waals surface area contributed by atoms with E-state index in [1.54, 1.807) is 13.2 Å². The molecule has 1 saturated heterocycles. The molecule has 2 rings (SSSR count). The molecule has 134 valence electrons. The van der Waals surface area contributed by atoms with E-state index in [0.29, 0.717) is 23.0 Å². The van der Waals surface area contributed by atoms with Gasteiger partial charge in [0, 0.05) is 32.2 Å². The van der Waals surface area contributed by atoms with Crippen molar-refractivity contribution in [2.75, 3.05) is 40.4 Å². The van der Waals surface area contributed by atoms with E-state index in [4.69, 9.17) is 9.47 Å². The predicted molar refractivity (Wildman–Crippen MR) is 92.8 cm³/mol. The van der Waals surface area contributed by atoms with Crippen LogP contribution in [0, 0.1) is 16.0 Å². The number of nitrogens with one attached hydrogen (secondary N) is 1. The molecule has 24 heavy (non-hydrogen) atoms. The zero-order valence-corrected chi connectivity index (χ0v) is 14.9. The smallest absolute Gasteiger partial charge is 0.278 e. The van der Waals surface area contributed by atoms with Gasteiger partial charge < -0.3 is 14.8 Å². The van der Waals surface area contributed by atoms with Crippen molar-refractivity contribution >= 4 is 5.69 Å². The van der Waals surface area contributed by atoms with Crippen molar-refractivity contribution in [2.45, 2.75) is 26.3 Å². The highest BCUT2D eigenvalue weighted by molar-refractivity contribution is 5.55. The van der Waals surface area contributed by atoms with E-state index in [-0.39, 0.29) is 16.7 Å². The number of nitro groups is 1. The summed E-state index contributed by atoms with van der Waals surface area (Å²) < 4.78 is 10.6. The van der Waals surface area contributed by atoms with Crippen LogP contribution in [0.1, 0.15) is 31.9 Å². The van der Waals surface area contributed by atoms with Gasteiger partial charge in [0.05, 0.1) is 30.8 Å². The molecule has 1 aromatic carbocycles. The van der Waals surface area contributed by atoms with Gasteiger partial charge in [-0.3, -0.25) is 15.0 Å². The first-order valence-electron chi connectivity index (χ1n) is 8.33. The summed E-state index contributed by atoms with van der Waals surface area (Å²) in [6, 6.07) is 3.24. The zero-order valence-electron chi connectivity index (χ0n) is 14.9. The Balaban J connectivity index is 2.51. The van der Waals surface area contributed by atoms with E-state index >= 15 is 0 Å². The van der Waals surface area contributed by atoms with E-state index in [2.05, 4.69) is 24.1 Å². The summed E-state index contributed by atoms with van der Waals surface area (Å²) in [5.41, 5.74) is 0.796. The molecule has 0 aliphatic carbocycles. The largest absolute Gasteiger partial charge is 0.493 e. The molecular formula is C17H27N3O4. The topological polar surface area (TPSA) is 76.9 Å².